The average molecular weight is 220 g/mol. The second-order valence-electron chi connectivity index (χ2n) is 5.14. The van der Waals surface area contributed by atoms with E-state index in [1.807, 2.05) is 20.0 Å². The van der Waals surface area contributed by atoms with Crippen LogP contribution in [0.15, 0.2) is 18.3 Å². The molecule has 1 aromatic rings. The first-order chi connectivity index (χ1) is 7.63. The Morgan fingerprint density at radius 1 is 1.31 bits per heavy atom. The maximum atomic E-state index is 9.29. The molecule has 1 aliphatic heterocycles. The van der Waals surface area contributed by atoms with Gasteiger partial charge in [0.05, 0.1) is 6.61 Å². The van der Waals surface area contributed by atoms with Crippen molar-refractivity contribution in [3.8, 4) is 0 Å². The van der Waals surface area contributed by atoms with Crippen LogP contribution in [0.2, 0.25) is 0 Å². The summed E-state index contributed by atoms with van der Waals surface area (Å²) in [5, 5.41) is 9.29. The van der Waals surface area contributed by atoms with Crippen molar-refractivity contribution < 1.29 is 5.11 Å². The zero-order valence-corrected chi connectivity index (χ0v) is 10.1. The van der Waals surface area contributed by atoms with Crippen LogP contribution in [0.5, 0.6) is 0 Å². The molecular formula is C13H20N2O. The van der Waals surface area contributed by atoms with Crippen LogP contribution in [0.4, 0.5) is 5.82 Å². The molecule has 0 aliphatic carbocycles. The lowest BCUT2D eigenvalue weighted by Crippen LogP contribution is -2.23. The number of aromatic nitrogens is 1. The van der Waals surface area contributed by atoms with E-state index in [-0.39, 0.29) is 12.0 Å². The second kappa shape index (κ2) is 4.42. The lowest BCUT2D eigenvalue weighted by Gasteiger charge is -2.23. The normalized spacial score (nSPS) is 16.8. The van der Waals surface area contributed by atoms with E-state index in [2.05, 4.69) is 22.0 Å². The Kier molecular flexibility index (Phi) is 3.15. The van der Waals surface area contributed by atoms with Crippen molar-refractivity contribution in [2.75, 3.05) is 24.6 Å². The Morgan fingerprint density at radius 3 is 2.50 bits per heavy atom. The molecule has 1 fully saturated rings. The van der Waals surface area contributed by atoms with Gasteiger partial charge in [-0.1, -0.05) is 19.9 Å². The summed E-state index contributed by atoms with van der Waals surface area (Å²) in [6.45, 7) is 6.45. The molecule has 16 heavy (non-hydrogen) atoms. The van der Waals surface area contributed by atoms with E-state index >= 15 is 0 Å². The SMILES string of the molecule is CC(C)(CO)c1ccc(N2CCCC2)nc1. The maximum absolute atomic E-state index is 9.29. The van der Waals surface area contributed by atoms with Gasteiger partial charge in [-0.2, -0.15) is 0 Å². The van der Waals surface area contributed by atoms with Gasteiger partial charge in [0.1, 0.15) is 5.82 Å². The number of anilines is 1. The van der Waals surface area contributed by atoms with Crippen LogP contribution in [0, 0.1) is 0 Å². The molecule has 3 heteroatoms. The third kappa shape index (κ3) is 2.19. The van der Waals surface area contributed by atoms with Gasteiger partial charge < -0.3 is 10.0 Å². The quantitative estimate of drug-likeness (QED) is 0.846. The van der Waals surface area contributed by atoms with Crippen LogP contribution in [-0.4, -0.2) is 29.8 Å². The highest BCUT2D eigenvalue weighted by molar-refractivity contribution is 5.41. The van der Waals surface area contributed by atoms with Gasteiger partial charge >= 0.3 is 0 Å². The molecular weight excluding hydrogens is 200 g/mol. The van der Waals surface area contributed by atoms with E-state index in [0.717, 1.165) is 24.5 Å². The minimum absolute atomic E-state index is 0.151. The molecule has 0 radical (unpaired) electrons. The summed E-state index contributed by atoms with van der Waals surface area (Å²) in [7, 11) is 0. The van der Waals surface area contributed by atoms with Crippen LogP contribution < -0.4 is 4.90 Å². The van der Waals surface area contributed by atoms with Gasteiger partial charge in [-0.3, -0.25) is 0 Å². The topological polar surface area (TPSA) is 36.4 Å². The summed E-state index contributed by atoms with van der Waals surface area (Å²) in [5.74, 6) is 1.06. The number of aliphatic hydroxyl groups excluding tert-OH is 1. The molecule has 88 valence electrons. The van der Waals surface area contributed by atoms with Gasteiger partial charge in [0.2, 0.25) is 0 Å². The van der Waals surface area contributed by atoms with Crippen molar-refractivity contribution in [2.24, 2.45) is 0 Å². The minimum atomic E-state index is -0.198. The van der Waals surface area contributed by atoms with Gasteiger partial charge in [-0.05, 0) is 24.5 Å². The van der Waals surface area contributed by atoms with Crippen LogP contribution in [-0.2, 0) is 5.41 Å². The van der Waals surface area contributed by atoms with E-state index in [1.54, 1.807) is 0 Å². The van der Waals surface area contributed by atoms with Gasteiger partial charge in [0, 0.05) is 24.7 Å². The van der Waals surface area contributed by atoms with E-state index in [9.17, 15) is 5.11 Å². The molecule has 1 aliphatic rings. The highest BCUT2D eigenvalue weighted by Gasteiger charge is 2.20. The van der Waals surface area contributed by atoms with E-state index in [0.29, 0.717) is 0 Å². The number of nitrogens with zero attached hydrogens (tertiary/aromatic N) is 2. The van der Waals surface area contributed by atoms with Gasteiger partial charge in [-0.25, -0.2) is 4.98 Å². The van der Waals surface area contributed by atoms with Crippen LogP contribution >= 0.6 is 0 Å². The monoisotopic (exact) mass is 220 g/mol. The Labute approximate surface area is 97.1 Å². The van der Waals surface area contributed by atoms with Gasteiger partial charge in [0.25, 0.3) is 0 Å². The highest BCUT2D eigenvalue weighted by atomic mass is 16.3. The Bertz CT molecular complexity index is 339. The highest BCUT2D eigenvalue weighted by Crippen LogP contribution is 2.24. The van der Waals surface area contributed by atoms with Gasteiger partial charge in [0.15, 0.2) is 0 Å². The summed E-state index contributed by atoms with van der Waals surface area (Å²) in [6, 6.07) is 4.15. The number of hydrogen-bond donors (Lipinski definition) is 1. The predicted molar refractivity (Wildman–Crippen MR) is 65.8 cm³/mol. The number of rotatable bonds is 3. The first-order valence-corrected chi connectivity index (χ1v) is 5.96. The van der Waals surface area contributed by atoms with Crippen molar-refractivity contribution in [1.29, 1.82) is 0 Å². The molecule has 2 heterocycles. The predicted octanol–water partition coefficient (Wildman–Crippen LogP) is 1.95. The van der Waals surface area contributed by atoms with Crippen molar-refractivity contribution in [1.82, 2.24) is 4.98 Å². The van der Waals surface area contributed by atoms with E-state index in [1.165, 1.54) is 12.8 Å². The molecule has 0 atom stereocenters. The summed E-state index contributed by atoms with van der Waals surface area (Å²) in [4.78, 5) is 6.80. The molecule has 1 N–H and O–H groups in total. The van der Waals surface area contributed by atoms with Crippen LogP contribution in [0.25, 0.3) is 0 Å². The molecule has 0 spiro atoms. The van der Waals surface area contributed by atoms with Crippen molar-refractivity contribution in [3.05, 3.63) is 23.9 Å². The zero-order valence-electron chi connectivity index (χ0n) is 10.1. The maximum Gasteiger partial charge on any atom is 0.128 e. The number of hydrogen-bond acceptors (Lipinski definition) is 3. The van der Waals surface area contributed by atoms with Crippen molar-refractivity contribution in [2.45, 2.75) is 32.1 Å². The molecule has 0 unspecified atom stereocenters. The number of aliphatic hydroxyl groups is 1. The summed E-state index contributed by atoms with van der Waals surface area (Å²) >= 11 is 0. The fraction of sp³-hybridized carbons (Fsp3) is 0.615. The first kappa shape index (κ1) is 11.4. The smallest absolute Gasteiger partial charge is 0.128 e. The third-order valence-corrected chi connectivity index (χ3v) is 3.35. The zero-order chi connectivity index (χ0) is 11.6. The Morgan fingerprint density at radius 2 is 2.00 bits per heavy atom. The molecule has 0 bridgehead atoms. The minimum Gasteiger partial charge on any atom is -0.395 e. The summed E-state index contributed by atoms with van der Waals surface area (Å²) in [5.41, 5.74) is 0.897. The summed E-state index contributed by atoms with van der Waals surface area (Å²) < 4.78 is 0. The molecule has 3 nitrogen and oxygen atoms in total. The average Bonchev–Trinajstić information content (AvgIpc) is 2.83. The second-order valence-corrected chi connectivity index (χ2v) is 5.14. The molecule has 1 aromatic heterocycles. The van der Waals surface area contributed by atoms with Crippen molar-refractivity contribution in [3.63, 3.8) is 0 Å². The van der Waals surface area contributed by atoms with Crippen LogP contribution in [0.1, 0.15) is 32.3 Å². The molecule has 0 aromatic carbocycles. The Hall–Kier alpha value is -1.09. The molecule has 0 saturated carbocycles. The van der Waals surface area contributed by atoms with E-state index < -0.39 is 0 Å². The van der Waals surface area contributed by atoms with E-state index in [4.69, 9.17) is 0 Å². The third-order valence-electron chi connectivity index (χ3n) is 3.35. The fourth-order valence-electron chi connectivity index (χ4n) is 2.01. The van der Waals surface area contributed by atoms with Crippen molar-refractivity contribution >= 4 is 5.82 Å². The fourth-order valence-corrected chi connectivity index (χ4v) is 2.01. The Balaban J connectivity index is 2.15. The lowest BCUT2D eigenvalue weighted by atomic mass is 9.87. The lowest BCUT2D eigenvalue weighted by molar-refractivity contribution is 0.218. The van der Waals surface area contributed by atoms with Crippen LogP contribution in [0.3, 0.4) is 0 Å². The van der Waals surface area contributed by atoms with Gasteiger partial charge in [-0.15, -0.1) is 0 Å². The molecule has 1 saturated heterocycles. The standard InChI is InChI=1S/C13H20N2O/c1-13(2,10-16)11-5-6-12(14-9-11)15-7-3-4-8-15/h5-6,9,16H,3-4,7-8,10H2,1-2H3. The molecule has 2 rings (SSSR count). The first-order valence-electron chi connectivity index (χ1n) is 5.96. The largest absolute Gasteiger partial charge is 0.395 e. The number of pyridine rings is 1. The summed E-state index contributed by atoms with van der Waals surface area (Å²) in [6.07, 6.45) is 4.43. The molecule has 0 amide bonds.